The van der Waals surface area contributed by atoms with E-state index >= 15 is 0 Å². The van der Waals surface area contributed by atoms with E-state index in [2.05, 4.69) is 42.8 Å². The number of aromatic nitrogens is 4. The van der Waals surface area contributed by atoms with Crippen LogP contribution in [0.5, 0.6) is 5.75 Å². The van der Waals surface area contributed by atoms with Crippen molar-refractivity contribution >= 4 is 38.5 Å². The Morgan fingerprint density at radius 3 is 2.61 bits per heavy atom. The monoisotopic (exact) mass is 575 g/mol. The van der Waals surface area contributed by atoms with Gasteiger partial charge in [0.2, 0.25) is 0 Å². The Morgan fingerprint density at radius 1 is 1.22 bits per heavy atom. The number of pyridine rings is 2. The highest BCUT2D eigenvalue weighted by Gasteiger charge is 2.26. The summed E-state index contributed by atoms with van der Waals surface area (Å²) in [5, 5.41) is 20.9. The highest BCUT2D eigenvalue weighted by molar-refractivity contribution is 8.14. The molecule has 3 aromatic heterocycles. The Bertz CT molecular complexity index is 1510. The molecule has 1 aliphatic carbocycles. The molecule has 41 heavy (non-hydrogen) atoms. The molecule has 4 heterocycles. The van der Waals surface area contributed by atoms with Gasteiger partial charge in [0, 0.05) is 36.5 Å². The van der Waals surface area contributed by atoms with Crippen molar-refractivity contribution in [1.29, 1.82) is 0 Å². The van der Waals surface area contributed by atoms with Gasteiger partial charge in [-0.25, -0.2) is 8.78 Å². The SMILES string of the molecule is CC.[B]C([B])(O)Oc1cnc(C(F)F)cc1-c1cc(-c2ccn(C)n2)ncc1C(=O)NC1=NNC(C#CC2CC2)S1. The zero-order chi connectivity index (χ0) is 29.7. The minimum Gasteiger partial charge on any atom is -0.479 e. The van der Waals surface area contributed by atoms with Gasteiger partial charge in [0.05, 0.1) is 17.5 Å². The number of rotatable bonds is 6. The van der Waals surface area contributed by atoms with Gasteiger partial charge in [-0.2, -0.15) is 10.2 Å². The summed E-state index contributed by atoms with van der Waals surface area (Å²) >= 11 is 1.23. The summed E-state index contributed by atoms with van der Waals surface area (Å²) in [7, 11) is 12.5. The molecule has 1 fully saturated rings. The van der Waals surface area contributed by atoms with Crippen molar-refractivity contribution < 1.29 is 23.4 Å². The van der Waals surface area contributed by atoms with Gasteiger partial charge in [0.25, 0.3) is 12.3 Å². The van der Waals surface area contributed by atoms with Crippen molar-refractivity contribution in [3.63, 3.8) is 0 Å². The number of aliphatic hydroxyl groups is 1. The fourth-order valence-corrected chi connectivity index (χ4v) is 4.30. The number of nitrogens with zero attached hydrogens (tertiary/aromatic N) is 5. The second-order valence-electron chi connectivity index (χ2n) is 8.81. The quantitative estimate of drug-likeness (QED) is 0.233. The first-order valence-electron chi connectivity index (χ1n) is 12.7. The number of halogens is 2. The Morgan fingerprint density at radius 2 is 1.98 bits per heavy atom. The van der Waals surface area contributed by atoms with Gasteiger partial charge in [0.1, 0.15) is 22.7 Å². The van der Waals surface area contributed by atoms with E-state index in [0.717, 1.165) is 25.1 Å². The zero-order valence-electron chi connectivity index (χ0n) is 22.4. The number of alkyl halides is 2. The molecule has 1 saturated carbocycles. The van der Waals surface area contributed by atoms with Crippen LogP contribution < -0.4 is 15.5 Å². The summed E-state index contributed by atoms with van der Waals surface area (Å²) in [4.78, 5) is 21.4. The third-order valence-corrected chi connectivity index (χ3v) is 6.41. The number of amides is 1. The van der Waals surface area contributed by atoms with Gasteiger partial charge in [-0.3, -0.25) is 30.2 Å². The van der Waals surface area contributed by atoms with Crippen LogP contribution in [0.15, 0.2) is 41.9 Å². The van der Waals surface area contributed by atoms with Crippen LogP contribution in [0, 0.1) is 17.8 Å². The first kappa shape index (κ1) is 30.1. The van der Waals surface area contributed by atoms with Crippen LogP contribution >= 0.6 is 11.8 Å². The number of thioether (sulfide) groups is 1. The van der Waals surface area contributed by atoms with Crippen LogP contribution in [0.25, 0.3) is 22.5 Å². The maximum Gasteiger partial charge on any atom is 0.280 e. The Kier molecular flexibility index (Phi) is 9.35. The van der Waals surface area contributed by atoms with Crippen molar-refractivity contribution in [1.82, 2.24) is 30.5 Å². The molecule has 2 aliphatic rings. The molecule has 4 radical (unpaired) electrons. The molecular formula is C26H25B2F2N7O3S. The molecule has 10 nitrogen and oxygen atoms in total. The predicted octanol–water partition coefficient (Wildman–Crippen LogP) is 2.90. The van der Waals surface area contributed by atoms with E-state index in [9.17, 15) is 18.7 Å². The Hall–Kier alpha value is -3.89. The van der Waals surface area contributed by atoms with Crippen LogP contribution in [0.3, 0.4) is 0 Å². The largest absolute Gasteiger partial charge is 0.479 e. The van der Waals surface area contributed by atoms with E-state index in [1.165, 1.54) is 24.0 Å². The van der Waals surface area contributed by atoms with Crippen LogP contribution in [-0.2, 0) is 7.05 Å². The molecule has 15 heteroatoms. The highest BCUT2D eigenvalue weighted by Crippen LogP contribution is 2.37. The van der Waals surface area contributed by atoms with Crippen LogP contribution in [0.4, 0.5) is 8.78 Å². The van der Waals surface area contributed by atoms with E-state index in [4.69, 9.17) is 20.4 Å². The van der Waals surface area contributed by atoms with Crippen molar-refractivity contribution in [2.75, 3.05) is 0 Å². The molecule has 0 spiro atoms. The smallest absolute Gasteiger partial charge is 0.280 e. The number of nitrogens with one attached hydrogen (secondary N) is 2. The second kappa shape index (κ2) is 12.7. The minimum atomic E-state index is -2.94. The number of amidine groups is 1. The zero-order valence-corrected chi connectivity index (χ0v) is 23.2. The fraction of sp³-hybridized carbons (Fsp3) is 0.346. The van der Waals surface area contributed by atoms with Crippen LogP contribution in [-0.4, -0.2) is 62.6 Å². The maximum atomic E-state index is 13.6. The predicted molar refractivity (Wildman–Crippen MR) is 153 cm³/mol. The number of hydrogen-bond acceptors (Lipinski definition) is 9. The van der Waals surface area contributed by atoms with Crippen LogP contribution in [0.2, 0.25) is 0 Å². The summed E-state index contributed by atoms with van der Waals surface area (Å²) < 4.78 is 34.0. The summed E-state index contributed by atoms with van der Waals surface area (Å²) in [5.41, 5.74) is 0.461. The van der Waals surface area contributed by atoms with Gasteiger partial charge < -0.3 is 9.84 Å². The molecular weight excluding hydrogens is 550 g/mol. The lowest BCUT2D eigenvalue weighted by Crippen LogP contribution is -2.36. The van der Waals surface area contributed by atoms with E-state index in [-0.39, 0.29) is 33.0 Å². The summed E-state index contributed by atoms with van der Waals surface area (Å²) in [6.07, 6.45) is 3.13. The first-order valence-corrected chi connectivity index (χ1v) is 13.5. The van der Waals surface area contributed by atoms with E-state index in [1.807, 2.05) is 13.8 Å². The normalized spacial score (nSPS) is 16.1. The third-order valence-electron chi connectivity index (χ3n) is 5.53. The summed E-state index contributed by atoms with van der Waals surface area (Å²) in [6, 6.07) is 4.19. The number of aryl methyl sites for hydroxylation is 1. The molecule has 0 aromatic carbocycles. The lowest BCUT2D eigenvalue weighted by atomic mass is 9.76. The Balaban J connectivity index is 0.00000189. The minimum absolute atomic E-state index is 0.0145. The van der Waals surface area contributed by atoms with Crippen molar-refractivity contribution in [2.45, 2.75) is 44.1 Å². The highest BCUT2D eigenvalue weighted by atomic mass is 32.2. The Labute approximate surface area is 242 Å². The van der Waals surface area contributed by atoms with Gasteiger partial charge in [0.15, 0.2) is 26.2 Å². The first-order chi connectivity index (χ1) is 19.6. The lowest BCUT2D eigenvalue weighted by molar-refractivity contribution is 0.0129. The number of carbonyl (C=O) groups excluding carboxylic acids is 1. The average molecular weight is 575 g/mol. The number of carbonyl (C=O) groups is 1. The molecule has 0 bridgehead atoms. The summed E-state index contributed by atoms with van der Waals surface area (Å²) in [6.45, 7) is 4.00. The average Bonchev–Trinajstić information content (AvgIpc) is 3.50. The summed E-state index contributed by atoms with van der Waals surface area (Å²) in [5.74, 6) is 5.74. The number of hydrazone groups is 1. The molecule has 208 valence electrons. The fourth-order valence-electron chi connectivity index (χ4n) is 3.58. The van der Waals surface area contributed by atoms with E-state index in [1.54, 1.807) is 24.0 Å². The van der Waals surface area contributed by atoms with Crippen molar-refractivity contribution in [3.8, 4) is 40.1 Å². The third kappa shape index (κ3) is 7.86. The van der Waals surface area contributed by atoms with Crippen molar-refractivity contribution in [3.05, 3.63) is 48.0 Å². The standard InChI is InChI=1S/C24H19B2F2N7O3S.C2H6/c1-35-7-6-16(34-35)17-8-13(14-9-18(21(27)28)30-11-19(14)38-24(25,26)37)15(10-29-17)22(36)31-23-33-32-20(39-23)5-4-12-2-3-12;1-2/h6-12,20-21,32,37H,2-3H2,1H3,(H,31,33,36);1-2H3. The molecule has 5 rings (SSSR count). The van der Waals surface area contributed by atoms with Crippen LogP contribution in [0.1, 0.15) is 49.2 Å². The number of hydrogen-bond donors (Lipinski definition) is 3. The lowest BCUT2D eigenvalue weighted by Gasteiger charge is -2.24. The van der Waals surface area contributed by atoms with Gasteiger partial charge in [-0.1, -0.05) is 25.7 Å². The van der Waals surface area contributed by atoms with Gasteiger partial charge in [-0.05, 0) is 42.8 Å². The maximum absolute atomic E-state index is 13.6. The van der Waals surface area contributed by atoms with Gasteiger partial charge >= 0.3 is 0 Å². The molecule has 0 saturated heterocycles. The molecule has 1 amide bonds. The molecule has 1 unspecified atom stereocenters. The topological polar surface area (TPSA) is 127 Å². The molecule has 1 aliphatic heterocycles. The van der Waals surface area contributed by atoms with E-state index in [0.29, 0.717) is 17.3 Å². The molecule has 3 aromatic rings. The van der Waals surface area contributed by atoms with E-state index < -0.39 is 23.6 Å². The number of ether oxygens (including phenoxy) is 1. The van der Waals surface area contributed by atoms with Crippen molar-refractivity contribution in [2.24, 2.45) is 18.1 Å². The van der Waals surface area contributed by atoms with Gasteiger partial charge in [-0.15, -0.1) is 0 Å². The molecule has 3 N–H and O–H groups in total. The molecule has 1 atom stereocenters. The second-order valence-corrected chi connectivity index (χ2v) is 9.90.